The van der Waals surface area contributed by atoms with E-state index in [1.807, 2.05) is 84.9 Å². The zero-order chi connectivity index (χ0) is 21.8. The molecule has 0 saturated heterocycles. The number of benzene rings is 3. The minimum absolute atomic E-state index is 0.204. The van der Waals surface area contributed by atoms with Gasteiger partial charge in [-0.25, -0.2) is 0 Å². The van der Waals surface area contributed by atoms with Gasteiger partial charge < -0.3 is 9.47 Å². The van der Waals surface area contributed by atoms with E-state index in [1.54, 1.807) is 14.0 Å². The standard InChI is InChI=1S/C27H24O4/c1-3-31-27(29)25-23(20-14-16-21(30-2)17-15-20)22(18-10-6-4-7-11-18)24(26(25)28)19-12-8-5-9-13-19/h4-17,23,25H,3H2,1-2H3/t23-,25+/m1/s1. The Balaban J connectivity index is 1.97. The van der Waals surface area contributed by atoms with Crippen LogP contribution < -0.4 is 4.74 Å². The number of carbonyl (C=O) groups excluding carboxylic acids is 2. The number of esters is 1. The molecule has 0 fully saturated rings. The van der Waals surface area contributed by atoms with Crippen molar-refractivity contribution in [2.45, 2.75) is 12.8 Å². The van der Waals surface area contributed by atoms with Crippen LogP contribution in [0.4, 0.5) is 0 Å². The molecule has 0 radical (unpaired) electrons. The summed E-state index contributed by atoms with van der Waals surface area (Å²) in [5.41, 5.74) is 4.02. The summed E-state index contributed by atoms with van der Waals surface area (Å²) in [5.74, 6) is -1.36. The van der Waals surface area contributed by atoms with Gasteiger partial charge in [0.1, 0.15) is 11.7 Å². The first kappa shape index (κ1) is 20.6. The molecule has 3 aromatic rings. The quantitative estimate of drug-likeness (QED) is 0.415. The number of methoxy groups -OCH3 is 1. The van der Waals surface area contributed by atoms with Crippen molar-refractivity contribution in [3.05, 3.63) is 102 Å². The Morgan fingerprint density at radius 1 is 0.839 bits per heavy atom. The molecule has 1 aliphatic rings. The number of hydrogen-bond acceptors (Lipinski definition) is 4. The number of allylic oxidation sites excluding steroid dienone is 2. The summed E-state index contributed by atoms with van der Waals surface area (Å²) < 4.78 is 10.6. The van der Waals surface area contributed by atoms with Gasteiger partial charge in [-0.3, -0.25) is 9.59 Å². The van der Waals surface area contributed by atoms with Crippen LogP contribution >= 0.6 is 0 Å². The molecule has 0 saturated carbocycles. The van der Waals surface area contributed by atoms with Crippen LogP contribution in [0.25, 0.3) is 11.1 Å². The minimum Gasteiger partial charge on any atom is -0.497 e. The van der Waals surface area contributed by atoms with Gasteiger partial charge in [0, 0.05) is 11.5 Å². The van der Waals surface area contributed by atoms with Crippen LogP contribution in [0.15, 0.2) is 84.9 Å². The van der Waals surface area contributed by atoms with Crippen LogP contribution in [0, 0.1) is 5.92 Å². The van der Waals surface area contributed by atoms with Crippen LogP contribution in [-0.2, 0) is 14.3 Å². The fraction of sp³-hybridized carbons (Fsp3) is 0.185. The predicted molar refractivity (Wildman–Crippen MR) is 121 cm³/mol. The van der Waals surface area contributed by atoms with E-state index in [4.69, 9.17) is 9.47 Å². The van der Waals surface area contributed by atoms with Crippen molar-refractivity contribution >= 4 is 22.9 Å². The normalized spacial score (nSPS) is 18.2. The highest BCUT2D eigenvalue weighted by molar-refractivity contribution is 6.37. The fourth-order valence-corrected chi connectivity index (χ4v) is 4.25. The molecule has 4 heteroatoms. The molecule has 31 heavy (non-hydrogen) atoms. The van der Waals surface area contributed by atoms with E-state index >= 15 is 0 Å². The number of hydrogen-bond donors (Lipinski definition) is 0. The first-order chi connectivity index (χ1) is 15.2. The molecule has 0 aromatic heterocycles. The molecule has 0 N–H and O–H groups in total. The van der Waals surface area contributed by atoms with Crippen LogP contribution in [-0.4, -0.2) is 25.5 Å². The number of Topliss-reactive ketones (excluding diaryl/α,β-unsaturated/α-hetero) is 1. The predicted octanol–water partition coefficient (Wildman–Crippen LogP) is 5.15. The fourth-order valence-electron chi connectivity index (χ4n) is 4.25. The maximum absolute atomic E-state index is 13.7. The van der Waals surface area contributed by atoms with Crippen LogP contribution in [0.1, 0.15) is 29.5 Å². The van der Waals surface area contributed by atoms with Gasteiger partial charge in [0.15, 0.2) is 5.78 Å². The van der Waals surface area contributed by atoms with Gasteiger partial charge in [0.2, 0.25) is 0 Å². The highest BCUT2D eigenvalue weighted by atomic mass is 16.5. The second kappa shape index (κ2) is 9.00. The molecular formula is C27H24O4. The zero-order valence-electron chi connectivity index (χ0n) is 17.6. The Labute approximate surface area is 182 Å². The molecule has 4 nitrogen and oxygen atoms in total. The summed E-state index contributed by atoms with van der Waals surface area (Å²) in [4.78, 5) is 26.8. The topological polar surface area (TPSA) is 52.6 Å². The van der Waals surface area contributed by atoms with Gasteiger partial charge in [0.05, 0.1) is 13.7 Å². The highest BCUT2D eigenvalue weighted by Gasteiger charge is 2.48. The Bertz CT molecular complexity index is 1100. The molecule has 0 aliphatic heterocycles. The van der Waals surface area contributed by atoms with Crippen molar-refractivity contribution in [2.75, 3.05) is 13.7 Å². The molecule has 0 heterocycles. The summed E-state index contributed by atoms with van der Waals surface area (Å²) in [6.07, 6.45) is 0. The van der Waals surface area contributed by atoms with E-state index in [-0.39, 0.29) is 12.4 Å². The average molecular weight is 412 g/mol. The molecule has 3 aromatic carbocycles. The van der Waals surface area contributed by atoms with Crippen molar-refractivity contribution in [3.63, 3.8) is 0 Å². The molecule has 2 atom stereocenters. The Morgan fingerprint density at radius 2 is 1.42 bits per heavy atom. The first-order valence-corrected chi connectivity index (χ1v) is 10.4. The highest BCUT2D eigenvalue weighted by Crippen LogP contribution is 2.50. The lowest BCUT2D eigenvalue weighted by Gasteiger charge is -2.22. The summed E-state index contributed by atoms with van der Waals surface area (Å²) in [7, 11) is 1.61. The lowest BCUT2D eigenvalue weighted by atomic mass is 9.82. The second-order valence-electron chi connectivity index (χ2n) is 7.37. The molecular weight excluding hydrogens is 388 g/mol. The van der Waals surface area contributed by atoms with Crippen LogP contribution in [0.5, 0.6) is 5.75 Å². The van der Waals surface area contributed by atoms with E-state index < -0.39 is 17.8 Å². The maximum Gasteiger partial charge on any atom is 0.317 e. The van der Waals surface area contributed by atoms with E-state index in [1.165, 1.54) is 0 Å². The van der Waals surface area contributed by atoms with Gasteiger partial charge in [-0.2, -0.15) is 0 Å². The number of carbonyl (C=O) groups is 2. The number of ether oxygens (including phenoxy) is 2. The van der Waals surface area contributed by atoms with Crippen molar-refractivity contribution in [2.24, 2.45) is 5.92 Å². The SMILES string of the molecule is CCOC(=O)[C@@H]1C(=O)C(c2ccccc2)=C(c2ccccc2)[C@H]1c1ccc(OC)cc1. The second-order valence-corrected chi connectivity index (χ2v) is 7.37. The van der Waals surface area contributed by atoms with Crippen LogP contribution in [0.2, 0.25) is 0 Å². The van der Waals surface area contributed by atoms with Crippen LogP contribution in [0.3, 0.4) is 0 Å². The zero-order valence-corrected chi connectivity index (χ0v) is 17.6. The molecule has 0 spiro atoms. The van der Waals surface area contributed by atoms with Crippen molar-refractivity contribution < 1.29 is 19.1 Å². The van der Waals surface area contributed by atoms with E-state index in [0.717, 1.165) is 22.3 Å². The lowest BCUT2D eigenvalue weighted by Crippen LogP contribution is -2.28. The van der Waals surface area contributed by atoms with Crippen molar-refractivity contribution in [3.8, 4) is 5.75 Å². The Morgan fingerprint density at radius 3 is 1.97 bits per heavy atom. The van der Waals surface area contributed by atoms with Gasteiger partial charge in [-0.15, -0.1) is 0 Å². The van der Waals surface area contributed by atoms with Gasteiger partial charge in [-0.05, 0) is 41.3 Å². The summed E-state index contributed by atoms with van der Waals surface area (Å²) in [6, 6.07) is 26.9. The largest absolute Gasteiger partial charge is 0.497 e. The van der Waals surface area contributed by atoms with E-state index in [2.05, 4.69) is 0 Å². The van der Waals surface area contributed by atoms with E-state index in [0.29, 0.717) is 11.3 Å². The number of rotatable bonds is 6. The molecule has 0 unspecified atom stereocenters. The monoisotopic (exact) mass is 412 g/mol. The van der Waals surface area contributed by atoms with E-state index in [9.17, 15) is 9.59 Å². The van der Waals surface area contributed by atoms with Crippen molar-refractivity contribution in [1.29, 1.82) is 0 Å². The summed E-state index contributed by atoms with van der Waals surface area (Å²) in [6.45, 7) is 1.97. The van der Waals surface area contributed by atoms with Gasteiger partial charge in [-0.1, -0.05) is 72.8 Å². The third kappa shape index (κ3) is 3.89. The molecule has 156 valence electrons. The molecule has 0 bridgehead atoms. The Hall–Kier alpha value is -3.66. The first-order valence-electron chi connectivity index (χ1n) is 10.4. The number of ketones is 1. The molecule has 1 aliphatic carbocycles. The van der Waals surface area contributed by atoms with Gasteiger partial charge >= 0.3 is 5.97 Å². The van der Waals surface area contributed by atoms with Gasteiger partial charge in [0.25, 0.3) is 0 Å². The van der Waals surface area contributed by atoms with Crippen molar-refractivity contribution in [1.82, 2.24) is 0 Å². The maximum atomic E-state index is 13.7. The minimum atomic E-state index is -0.932. The smallest absolute Gasteiger partial charge is 0.317 e. The molecule has 4 rings (SSSR count). The lowest BCUT2D eigenvalue weighted by molar-refractivity contribution is -0.150. The third-order valence-corrected chi connectivity index (χ3v) is 5.61. The average Bonchev–Trinajstić information content (AvgIpc) is 3.13. The summed E-state index contributed by atoms with van der Waals surface area (Å²) in [5, 5.41) is 0. The Kier molecular flexibility index (Phi) is 5.99. The summed E-state index contributed by atoms with van der Waals surface area (Å²) >= 11 is 0. The molecule has 0 amide bonds. The third-order valence-electron chi connectivity index (χ3n) is 5.61.